The number of benzene rings is 4. The molecule has 10 N–H and O–H groups in total. The molecular formula is C54H83Cl2N7O14S4. The van der Waals surface area contributed by atoms with Gasteiger partial charge >= 0.3 is 8.26 Å². The van der Waals surface area contributed by atoms with Crippen LogP contribution in [-0.4, -0.2) is 83.5 Å². The summed E-state index contributed by atoms with van der Waals surface area (Å²) in [7, 11) is -5.62. The van der Waals surface area contributed by atoms with Crippen molar-refractivity contribution in [2.75, 3.05) is 32.2 Å². The Hall–Kier alpha value is -5.70. The summed E-state index contributed by atoms with van der Waals surface area (Å²) < 4.78 is 120. The minimum absolute atomic E-state index is 0. The van der Waals surface area contributed by atoms with Gasteiger partial charge in [0.25, 0.3) is 31.9 Å². The van der Waals surface area contributed by atoms with Gasteiger partial charge in [-0.2, -0.15) is 12.8 Å². The molecule has 4 aromatic carbocycles. The predicted molar refractivity (Wildman–Crippen MR) is 326 cm³/mol. The van der Waals surface area contributed by atoms with Crippen molar-refractivity contribution < 1.29 is 62.2 Å². The van der Waals surface area contributed by atoms with Gasteiger partial charge in [-0.05, 0) is 75.6 Å². The van der Waals surface area contributed by atoms with Gasteiger partial charge in [-0.25, -0.2) is 30.0 Å². The summed E-state index contributed by atoms with van der Waals surface area (Å²) in [5, 5.41) is 0. The number of rotatable bonds is 9. The van der Waals surface area contributed by atoms with E-state index in [1.807, 2.05) is 64.5 Å². The molecule has 0 spiro atoms. The highest BCUT2D eigenvalue weighted by Crippen LogP contribution is 2.33. The first kappa shape index (κ1) is 75.3. The van der Waals surface area contributed by atoms with Gasteiger partial charge in [0.15, 0.2) is 0 Å². The van der Waals surface area contributed by atoms with E-state index < -0.39 is 50.1 Å². The van der Waals surface area contributed by atoms with Gasteiger partial charge in [0.2, 0.25) is 10.0 Å². The Balaban J connectivity index is 0.00000101. The quantitative estimate of drug-likeness (QED) is 0.0768. The zero-order valence-electron chi connectivity index (χ0n) is 46.8. The molecule has 2 amide bonds. The lowest BCUT2D eigenvalue weighted by Gasteiger charge is -2.23. The first-order valence-electron chi connectivity index (χ1n) is 24.0. The van der Waals surface area contributed by atoms with Crippen LogP contribution in [-0.2, 0) is 55.6 Å². The zero-order chi connectivity index (χ0) is 59.6. The number of fused-ring (bicyclic) bond motifs is 3. The van der Waals surface area contributed by atoms with Gasteiger partial charge in [-0.1, -0.05) is 140 Å². The average molecular weight is 1250 g/mol. The molecule has 0 aliphatic carbocycles. The number of sulfonamides is 3. The second-order valence-electron chi connectivity index (χ2n) is 23.0. The van der Waals surface area contributed by atoms with E-state index in [-0.39, 0.29) is 71.3 Å². The zero-order valence-corrected chi connectivity index (χ0v) is 51.6. The molecule has 3 aliphatic heterocycles. The molecule has 7 rings (SSSR count). The van der Waals surface area contributed by atoms with Gasteiger partial charge in [0, 0.05) is 32.6 Å². The molecular weight excluding hydrogens is 1170 g/mol. The molecule has 3 heterocycles. The van der Waals surface area contributed by atoms with Gasteiger partial charge in [0.1, 0.15) is 34.4 Å². The van der Waals surface area contributed by atoms with Crippen LogP contribution in [0.15, 0.2) is 81.6 Å². The minimum Gasteiger partial charge on any atom is -0.492 e. The number of nitrogens with one attached hydrogen (secondary N) is 1. The van der Waals surface area contributed by atoms with Crippen LogP contribution in [0.4, 0.5) is 5.69 Å². The molecule has 81 heavy (non-hydrogen) atoms. The number of hydrogen-bond acceptors (Lipinski definition) is 17. The number of primary amides is 1. The minimum atomic E-state index is -3.72. The number of amides is 2. The number of amidine groups is 1. The number of nitrogens with zero attached hydrogens (tertiary/aromatic N) is 2. The SMILES string of the molecule is C.C.CC(C)(C)COc1cccc(N)c1C(N)=O.CC(C)(C)COc1cccc2c1C(=O)NS(=O)(=O)C2.CC(C)(C)COc1cccc2c1C(N)=NS(=O)(=O)C2.CC1=NS(=O)(=O)Cc2cccc(OCC(C)(C)C)c21.N.O=S(=O)(Cl)Cl. The second kappa shape index (κ2) is 29.5. The lowest BCUT2D eigenvalue weighted by molar-refractivity contribution is 0.0967. The fraction of sp³-hybridized carbons (Fsp3) is 0.481. The lowest BCUT2D eigenvalue weighted by Crippen LogP contribution is -2.37. The van der Waals surface area contributed by atoms with E-state index in [2.05, 4.69) is 71.7 Å². The highest BCUT2D eigenvalue weighted by Gasteiger charge is 2.31. The summed E-state index contributed by atoms with van der Waals surface area (Å²) in [6.07, 6.45) is 0. The molecule has 456 valence electrons. The fourth-order valence-corrected chi connectivity index (χ4v) is 10.3. The van der Waals surface area contributed by atoms with Crippen LogP contribution in [0, 0.1) is 21.7 Å². The Bertz CT molecular complexity index is 3240. The van der Waals surface area contributed by atoms with Crippen molar-refractivity contribution in [3.63, 3.8) is 0 Å². The Morgan fingerprint density at radius 1 is 0.568 bits per heavy atom. The van der Waals surface area contributed by atoms with E-state index >= 15 is 0 Å². The van der Waals surface area contributed by atoms with Gasteiger partial charge in [0.05, 0.1) is 60.5 Å². The molecule has 27 heteroatoms. The number of nitrogen functional groups attached to an aromatic ring is 1. The summed E-state index contributed by atoms with van der Waals surface area (Å²) in [5.41, 5.74) is 21.5. The number of halogens is 2. The van der Waals surface area contributed by atoms with Crippen molar-refractivity contribution in [3.05, 3.63) is 112 Å². The molecule has 0 radical (unpaired) electrons. The maximum Gasteiger partial charge on any atom is 0.317 e. The van der Waals surface area contributed by atoms with E-state index in [0.717, 1.165) is 11.1 Å². The highest BCUT2D eigenvalue weighted by atomic mass is 36.0. The number of ether oxygens (including phenoxy) is 4. The van der Waals surface area contributed by atoms with Gasteiger partial charge in [-0.15, -0.1) is 4.40 Å². The van der Waals surface area contributed by atoms with Crippen LogP contribution in [0.2, 0.25) is 0 Å². The Morgan fingerprint density at radius 3 is 1.28 bits per heavy atom. The highest BCUT2D eigenvalue weighted by molar-refractivity contribution is 8.31. The average Bonchev–Trinajstić information content (AvgIpc) is 3.23. The number of hydrogen-bond donors (Lipinski definition) is 5. The van der Waals surface area contributed by atoms with E-state index in [9.17, 15) is 34.8 Å². The van der Waals surface area contributed by atoms with E-state index in [0.29, 0.717) is 83.1 Å². The molecule has 0 unspecified atom stereocenters. The number of nitrogens with two attached hydrogens (primary N) is 3. The van der Waals surface area contributed by atoms with Crippen molar-refractivity contribution in [1.29, 1.82) is 0 Å². The fourth-order valence-electron chi connectivity index (χ4n) is 6.86. The van der Waals surface area contributed by atoms with Crippen molar-refractivity contribution in [3.8, 4) is 23.0 Å². The Kier molecular flexibility index (Phi) is 27.4. The first-order valence-corrected chi connectivity index (χ1v) is 32.0. The maximum absolute atomic E-state index is 11.9. The van der Waals surface area contributed by atoms with Gasteiger partial charge < -0.3 is 42.3 Å². The van der Waals surface area contributed by atoms with E-state index in [1.54, 1.807) is 61.5 Å². The standard InChI is InChI=1S/C14H19NO3S.C13H18N2O3S.C13H17NO4S.C12H18N2O2.2CH4.Cl2O2S.H3N/c1-10-13-11(8-19(16,17)15-10)6-5-7-12(13)18-9-14(2,3)4;1-13(2,3)8-18-10-6-4-5-9-7-19(16,17)15-12(14)11(9)10;1-13(2,3)8-18-10-6-4-5-9-7-19(16,17)14-12(15)11(9)10;1-12(2,3)7-16-9-6-4-5-8(13)10(9)11(14)15;;;1-5(2,3)4;/h5-7H,8-9H2,1-4H3;4-6H,7-8H2,1-3H3,(H2,14,15);4-6H,7-8H2,1-3H3,(H,14,15);4-6H,7,13H2,1-3H3,(H2,14,15);2*1H4;;1H3. The third-order valence-corrected chi connectivity index (χ3v) is 13.5. The Labute approximate surface area is 489 Å². The first-order chi connectivity index (χ1) is 35.3. The second-order valence-corrected chi connectivity index (χ2v) is 31.7. The third kappa shape index (κ3) is 26.8. The summed E-state index contributed by atoms with van der Waals surface area (Å²) in [5.74, 6) is 0.621. The summed E-state index contributed by atoms with van der Waals surface area (Å²) >= 11 is 0. The largest absolute Gasteiger partial charge is 0.492 e. The molecule has 0 bridgehead atoms. The van der Waals surface area contributed by atoms with E-state index in [1.165, 1.54) is 0 Å². The molecule has 21 nitrogen and oxygen atoms in total. The Morgan fingerprint density at radius 2 is 0.889 bits per heavy atom. The molecule has 3 aliphatic rings. The van der Waals surface area contributed by atoms with Crippen molar-refractivity contribution in [2.45, 2.75) is 122 Å². The van der Waals surface area contributed by atoms with Crippen LogP contribution in [0.25, 0.3) is 0 Å². The molecule has 0 fully saturated rings. The predicted octanol–water partition coefficient (Wildman–Crippen LogP) is 10.0. The van der Waals surface area contributed by atoms with Crippen molar-refractivity contribution in [2.24, 2.45) is 41.9 Å². The van der Waals surface area contributed by atoms with E-state index in [4.69, 9.17) is 44.6 Å². The molecule has 0 saturated heterocycles. The smallest absolute Gasteiger partial charge is 0.317 e. The van der Waals surface area contributed by atoms with Crippen LogP contribution >= 0.6 is 21.4 Å². The molecule has 4 aromatic rings. The molecule has 0 aromatic heterocycles. The number of carbonyl (C=O) groups is 2. The van der Waals surface area contributed by atoms with Crippen LogP contribution in [0.5, 0.6) is 23.0 Å². The maximum atomic E-state index is 11.9. The summed E-state index contributed by atoms with van der Waals surface area (Å²) in [6, 6.07) is 20.9. The summed E-state index contributed by atoms with van der Waals surface area (Å²) in [6.45, 7) is 28.4. The van der Waals surface area contributed by atoms with Crippen molar-refractivity contribution in [1.82, 2.24) is 10.9 Å². The van der Waals surface area contributed by atoms with Crippen LogP contribution < -0.4 is 47.0 Å². The monoisotopic (exact) mass is 1250 g/mol. The van der Waals surface area contributed by atoms with Crippen LogP contribution in [0.1, 0.15) is 153 Å². The molecule has 0 saturated carbocycles. The van der Waals surface area contributed by atoms with Crippen LogP contribution in [0.3, 0.4) is 0 Å². The van der Waals surface area contributed by atoms with Crippen molar-refractivity contribution >= 4 is 88.7 Å². The van der Waals surface area contributed by atoms with Gasteiger partial charge in [-0.3, -0.25) is 9.59 Å². The molecule has 0 atom stereocenters. The lowest BCUT2D eigenvalue weighted by atomic mass is 9.98. The number of carbonyl (C=O) groups excluding carboxylic acids is 2. The third-order valence-electron chi connectivity index (χ3n) is 9.91. The topological polar surface area (TPSA) is 357 Å². The number of anilines is 1. The summed E-state index contributed by atoms with van der Waals surface area (Å²) in [4.78, 5) is 23.1. The normalized spacial score (nSPS) is 15.3.